The molecule has 0 radical (unpaired) electrons. The van der Waals surface area contributed by atoms with Gasteiger partial charge in [0, 0.05) is 24.1 Å². The van der Waals surface area contributed by atoms with Gasteiger partial charge in [0.2, 0.25) is 5.91 Å². The molecule has 1 aromatic heterocycles. The van der Waals surface area contributed by atoms with E-state index in [9.17, 15) is 9.90 Å². The second-order valence-electron chi connectivity index (χ2n) is 4.73. The monoisotopic (exact) mass is 281 g/mol. The Morgan fingerprint density at radius 1 is 1.63 bits per heavy atom. The Balaban J connectivity index is 1.56. The first-order valence-electron chi connectivity index (χ1n) is 6.49. The molecule has 2 rings (SSSR count). The summed E-state index contributed by atoms with van der Waals surface area (Å²) in [5, 5.41) is 14.2. The third-order valence-corrected chi connectivity index (χ3v) is 3.65. The van der Waals surface area contributed by atoms with Crippen molar-refractivity contribution in [1.82, 2.24) is 5.32 Å². The lowest BCUT2D eigenvalue weighted by Gasteiger charge is -2.11. The standard InChI is InChI=1S/C14H19NO3S/c16-12(10-18-9-11-3-4-11)8-15-14(17)6-5-13-2-1-7-19-13/h1-2,5-7,11-12,16H,3-4,8-10H2,(H,15,17)/b6-5+. The Bertz CT molecular complexity index is 412. The van der Waals surface area contributed by atoms with Crippen LogP contribution in [0.4, 0.5) is 0 Å². The van der Waals surface area contributed by atoms with Crippen LogP contribution in [0.3, 0.4) is 0 Å². The maximum absolute atomic E-state index is 11.5. The van der Waals surface area contributed by atoms with Crippen LogP contribution in [0.5, 0.6) is 0 Å². The molecule has 1 unspecified atom stereocenters. The number of ether oxygens (including phenoxy) is 1. The highest BCUT2D eigenvalue weighted by molar-refractivity contribution is 7.10. The number of carbonyl (C=O) groups is 1. The van der Waals surface area contributed by atoms with Gasteiger partial charge >= 0.3 is 0 Å². The van der Waals surface area contributed by atoms with Gasteiger partial charge in [0.15, 0.2) is 0 Å². The van der Waals surface area contributed by atoms with Gasteiger partial charge in [0.05, 0.1) is 12.7 Å². The zero-order valence-corrected chi connectivity index (χ0v) is 11.6. The quantitative estimate of drug-likeness (QED) is 0.713. The first kappa shape index (κ1) is 14.2. The second-order valence-corrected chi connectivity index (χ2v) is 5.71. The Morgan fingerprint density at radius 3 is 3.16 bits per heavy atom. The molecular weight excluding hydrogens is 262 g/mol. The lowest BCUT2D eigenvalue weighted by Crippen LogP contribution is -2.33. The van der Waals surface area contributed by atoms with Crippen molar-refractivity contribution >= 4 is 23.3 Å². The van der Waals surface area contributed by atoms with E-state index in [4.69, 9.17) is 4.74 Å². The SMILES string of the molecule is O=C(/C=C/c1cccs1)NCC(O)COCC1CC1. The number of amides is 1. The summed E-state index contributed by atoms with van der Waals surface area (Å²) < 4.78 is 5.35. The van der Waals surface area contributed by atoms with Crippen LogP contribution in [0.1, 0.15) is 17.7 Å². The molecule has 1 fully saturated rings. The maximum Gasteiger partial charge on any atom is 0.244 e. The van der Waals surface area contributed by atoms with Gasteiger partial charge in [-0.3, -0.25) is 4.79 Å². The molecule has 4 nitrogen and oxygen atoms in total. The average Bonchev–Trinajstić information content (AvgIpc) is 3.07. The molecule has 1 saturated carbocycles. The van der Waals surface area contributed by atoms with Crippen molar-refractivity contribution in [2.45, 2.75) is 18.9 Å². The van der Waals surface area contributed by atoms with Crippen molar-refractivity contribution < 1.29 is 14.6 Å². The summed E-state index contributed by atoms with van der Waals surface area (Å²) in [6.07, 6.45) is 5.07. The molecule has 19 heavy (non-hydrogen) atoms. The van der Waals surface area contributed by atoms with Crippen LogP contribution < -0.4 is 5.32 Å². The van der Waals surface area contributed by atoms with E-state index in [2.05, 4.69) is 5.32 Å². The van der Waals surface area contributed by atoms with Crippen LogP contribution in [-0.2, 0) is 9.53 Å². The van der Waals surface area contributed by atoms with Gasteiger partial charge in [-0.2, -0.15) is 0 Å². The van der Waals surface area contributed by atoms with Gasteiger partial charge in [-0.25, -0.2) is 0 Å². The normalized spacial score (nSPS) is 16.7. The summed E-state index contributed by atoms with van der Waals surface area (Å²) in [6.45, 7) is 1.23. The third kappa shape index (κ3) is 6.00. The number of carbonyl (C=O) groups excluding carboxylic acids is 1. The summed E-state index contributed by atoms with van der Waals surface area (Å²) in [5.74, 6) is 0.491. The highest BCUT2D eigenvalue weighted by atomic mass is 32.1. The van der Waals surface area contributed by atoms with E-state index in [-0.39, 0.29) is 19.1 Å². The highest BCUT2D eigenvalue weighted by Crippen LogP contribution is 2.28. The van der Waals surface area contributed by atoms with E-state index in [0.717, 1.165) is 11.5 Å². The number of rotatable bonds is 8. The Labute approximate surface area is 117 Å². The van der Waals surface area contributed by atoms with E-state index < -0.39 is 6.10 Å². The summed E-state index contributed by atoms with van der Waals surface area (Å²) in [4.78, 5) is 12.5. The molecule has 0 saturated heterocycles. The molecule has 0 spiro atoms. The number of thiophene rings is 1. The first-order chi connectivity index (χ1) is 9.24. The Kier molecular flexibility index (Phi) is 5.57. The van der Waals surface area contributed by atoms with Gasteiger partial charge in [-0.1, -0.05) is 6.07 Å². The largest absolute Gasteiger partial charge is 0.389 e. The molecule has 1 atom stereocenters. The zero-order chi connectivity index (χ0) is 13.5. The number of aliphatic hydroxyl groups excluding tert-OH is 1. The van der Waals surface area contributed by atoms with Gasteiger partial charge in [-0.15, -0.1) is 11.3 Å². The number of nitrogens with one attached hydrogen (secondary N) is 1. The van der Waals surface area contributed by atoms with Crippen molar-refractivity contribution in [3.63, 3.8) is 0 Å². The van der Waals surface area contributed by atoms with Crippen molar-refractivity contribution in [1.29, 1.82) is 0 Å². The van der Waals surface area contributed by atoms with Gasteiger partial charge in [-0.05, 0) is 36.3 Å². The van der Waals surface area contributed by atoms with Crippen LogP contribution in [-0.4, -0.2) is 36.9 Å². The fourth-order valence-corrected chi connectivity index (χ4v) is 2.15. The van der Waals surface area contributed by atoms with Gasteiger partial charge < -0.3 is 15.2 Å². The average molecular weight is 281 g/mol. The lowest BCUT2D eigenvalue weighted by molar-refractivity contribution is -0.117. The Morgan fingerprint density at radius 2 is 2.47 bits per heavy atom. The predicted molar refractivity (Wildman–Crippen MR) is 75.9 cm³/mol. The van der Waals surface area contributed by atoms with Crippen LogP contribution in [0.15, 0.2) is 23.6 Å². The molecule has 0 bridgehead atoms. The first-order valence-corrected chi connectivity index (χ1v) is 7.37. The van der Waals surface area contributed by atoms with Crippen LogP contribution in [0.25, 0.3) is 6.08 Å². The van der Waals surface area contributed by atoms with E-state index in [1.807, 2.05) is 17.5 Å². The number of hydrogen-bond acceptors (Lipinski definition) is 4. The van der Waals surface area contributed by atoms with E-state index in [1.165, 1.54) is 18.9 Å². The fraction of sp³-hybridized carbons (Fsp3) is 0.500. The summed E-state index contributed by atoms with van der Waals surface area (Å²) >= 11 is 1.57. The molecular formula is C14H19NO3S. The molecule has 1 aliphatic carbocycles. The maximum atomic E-state index is 11.5. The molecule has 1 aliphatic rings. The lowest BCUT2D eigenvalue weighted by atomic mass is 10.3. The highest BCUT2D eigenvalue weighted by Gasteiger charge is 2.21. The summed E-state index contributed by atoms with van der Waals surface area (Å²) in [7, 11) is 0. The second kappa shape index (κ2) is 7.43. The van der Waals surface area contributed by atoms with Gasteiger partial charge in [0.1, 0.15) is 0 Å². The minimum atomic E-state index is -0.641. The predicted octanol–water partition coefficient (Wildman–Crippen LogP) is 1.66. The summed E-state index contributed by atoms with van der Waals surface area (Å²) in [5.41, 5.74) is 0. The topological polar surface area (TPSA) is 58.6 Å². The Hall–Kier alpha value is -1.17. The van der Waals surface area contributed by atoms with Crippen LogP contribution in [0, 0.1) is 5.92 Å². The minimum absolute atomic E-state index is 0.199. The fourth-order valence-electron chi connectivity index (χ4n) is 1.54. The zero-order valence-electron chi connectivity index (χ0n) is 10.7. The molecule has 1 amide bonds. The van der Waals surface area contributed by atoms with Crippen molar-refractivity contribution in [3.05, 3.63) is 28.5 Å². The smallest absolute Gasteiger partial charge is 0.244 e. The van der Waals surface area contributed by atoms with Crippen molar-refractivity contribution in [2.75, 3.05) is 19.8 Å². The van der Waals surface area contributed by atoms with Crippen molar-refractivity contribution in [2.24, 2.45) is 5.92 Å². The minimum Gasteiger partial charge on any atom is -0.389 e. The molecule has 1 aromatic rings. The molecule has 1 heterocycles. The number of hydrogen-bond donors (Lipinski definition) is 2. The van der Waals surface area contributed by atoms with E-state index >= 15 is 0 Å². The molecule has 2 N–H and O–H groups in total. The van der Waals surface area contributed by atoms with Gasteiger partial charge in [0.25, 0.3) is 0 Å². The van der Waals surface area contributed by atoms with Crippen LogP contribution >= 0.6 is 11.3 Å². The van der Waals surface area contributed by atoms with Crippen molar-refractivity contribution in [3.8, 4) is 0 Å². The summed E-state index contributed by atoms with van der Waals surface area (Å²) in [6, 6.07) is 3.87. The molecule has 0 aliphatic heterocycles. The van der Waals surface area contributed by atoms with E-state index in [1.54, 1.807) is 17.4 Å². The molecule has 0 aromatic carbocycles. The number of aliphatic hydroxyl groups is 1. The molecule has 5 heteroatoms. The third-order valence-electron chi connectivity index (χ3n) is 2.81. The molecule has 104 valence electrons. The van der Waals surface area contributed by atoms with Crippen LogP contribution in [0.2, 0.25) is 0 Å². The van der Waals surface area contributed by atoms with E-state index in [0.29, 0.717) is 5.92 Å².